The van der Waals surface area contributed by atoms with Gasteiger partial charge in [0.05, 0.1) is 17.3 Å². The highest BCUT2D eigenvalue weighted by atomic mass is 35.5. The minimum Gasteiger partial charge on any atom is -0.313 e. The maximum absolute atomic E-state index is 12.6. The fraction of sp³-hybridized carbons (Fsp3) is 0.700. The molecule has 1 aliphatic heterocycles. The Balaban J connectivity index is 2.38. The number of aryl methyl sites for hydroxylation is 1. The number of nitrogens with one attached hydrogen (secondary N) is 1. The molecule has 0 aromatic carbocycles. The highest BCUT2D eigenvalue weighted by Gasteiger charge is 2.37. The Morgan fingerprint density at radius 3 is 2.67 bits per heavy atom. The van der Waals surface area contributed by atoms with E-state index in [2.05, 4.69) is 10.4 Å². The Bertz CT molecular complexity index is 504. The quantitative estimate of drug-likeness (QED) is 0.855. The molecule has 1 aromatic rings. The van der Waals surface area contributed by atoms with Crippen LogP contribution in [0.25, 0.3) is 0 Å². The number of sulfonamides is 1. The molecular formula is C10H17ClN4O2S. The van der Waals surface area contributed by atoms with Gasteiger partial charge < -0.3 is 5.32 Å². The average Bonchev–Trinajstić information content (AvgIpc) is 2.55. The zero-order valence-corrected chi connectivity index (χ0v) is 12.0. The predicted octanol–water partition coefficient (Wildman–Crippen LogP) is 0.446. The molecule has 0 saturated carbocycles. The maximum Gasteiger partial charge on any atom is 0.262 e. The van der Waals surface area contributed by atoms with E-state index in [-0.39, 0.29) is 16.1 Å². The van der Waals surface area contributed by atoms with E-state index >= 15 is 0 Å². The lowest BCUT2D eigenvalue weighted by atomic mass is 10.2. The van der Waals surface area contributed by atoms with Crippen molar-refractivity contribution in [2.45, 2.75) is 24.4 Å². The van der Waals surface area contributed by atoms with Crippen molar-refractivity contribution in [2.75, 3.05) is 19.6 Å². The van der Waals surface area contributed by atoms with Gasteiger partial charge in [0.25, 0.3) is 10.0 Å². The zero-order valence-electron chi connectivity index (χ0n) is 10.4. The first-order valence-electron chi connectivity index (χ1n) is 5.88. The topological polar surface area (TPSA) is 67.2 Å². The average molecular weight is 293 g/mol. The van der Waals surface area contributed by atoms with Gasteiger partial charge in [-0.15, -0.1) is 0 Å². The van der Waals surface area contributed by atoms with Crippen molar-refractivity contribution in [1.82, 2.24) is 19.4 Å². The van der Waals surface area contributed by atoms with Crippen LogP contribution in [0.5, 0.6) is 0 Å². The Morgan fingerprint density at radius 1 is 1.61 bits per heavy atom. The summed E-state index contributed by atoms with van der Waals surface area (Å²) in [6.45, 7) is 3.83. The van der Waals surface area contributed by atoms with E-state index in [4.69, 9.17) is 11.6 Å². The lowest BCUT2D eigenvalue weighted by molar-refractivity contribution is 0.240. The minimum absolute atomic E-state index is 0.0147. The number of rotatable bonds is 5. The van der Waals surface area contributed by atoms with Gasteiger partial charge in [-0.25, -0.2) is 8.42 Å². The summed E-state index contributed by atoms with van der Waals surface area (Å²) in [5.41, 5.74) is 0. The molecule has 0 spiro atoms. The summed E-state index contributed by atoms with van der Waals surface area (Å²) in [6, 6.07) is 0.0147. The molecule has 0 unspecified atom stereocenters. The summed E-state index contributed by atoms with van der Waals surface area (Å²) in [7, 11) is -1.99. The lowest BCUT2D eigenvalue weighted by Crippen LogP contribution is -2.59. The van der Waals surface area contributed by atoms with Crippen molar-refractivity contribution in [3.05, 3.63) is 11.2 Å². The van der Waals surface area contributed by atoms with Gasteiger partial charge in [-0.05, 0) is 6.42 Å². The number of hydrogen-bond donors (Lipinski definition) is 1. The van der Waals surface area contributed by atoms with Crippen LogP contribution in [0.3, 0.4) is 0 Å². The van der Waals surface area contributed by atoms with Gasteiger partial charge in [-0.2, -0.15) is 9.40 Å². The normalized spacial score (nSPS) is 17.1. The zero-order chi connectivity index (χ0) is 13.3. The second kappa shape index (κ2) is 5.16. The standard InChI is InChI=1S/C10H17ClN4O2S/c1-3-4-15(8-5-12-6-8)18(16,17)10-9(11)7-13-14(10)2/h7-8,12H,3-6H2,1-2H3. The summed E-state index contributed by atoms with van der Waals surface area (Å²) in [6.07, 6.45) is 2.13. The third-order valence-corrected chi connectivity index (χ3v) is 5.47. The van der Waals surface area contributed by atoms with E-state index in [0.717, 1.165) is 6.42 Å². The molecule has 1 fully saturated rings. The van der Waals surface area contributed by atoms with E-state index < -0.39 is 10.0 Å². The molecule has 6 nitrogen and oxygen atoms in total. The van der Waals surface area contributed by atoms with E-state index in [1.165, 1.54) is 15.2 Å². The van der Waals surface area contributed by atoms with Crippen LogP contribution in [0.15, 0.2) is 11.2 Å². The van der Waals surface area contributed by atoms with Crippen molar-refractivity contribution in [3.8, 4) is 0 Å². The van der Waals surface area contributed by atoms with Gasteiger partial charge in [0.1, 0.15) is 0 Å². The minimum atomic E-state index is -3.58. The third kappa shape index (κ3) is 2.27. The fourth-order valence-corrected chi connectivity index (χ4v) is 4.32. The van der Waals surface area contributed by atoms with Gasteiger partial charge in [0, 0.05) is 26.7 Å². The van der Waals surface area contributed by atoms with Crippen LogP contribution < -0.4 is 5.32 Å². The third-order valence-electron chi connectivity index (χ3n) is 3.01. The van der Waals surface area contributed by atoms with Crippen LogP contribution in [0, 0.1) is 0 Å². The second-order valence-corrected chi connectivity index (χ2v) is 6.56. The predicted molar refractivity (Wildman–Crippen MR) is 69.1 cm³/mol. The first-order valence-corrected chi connectivity index (χ1v) is 7.70. The van der Waals surface area contributed by atoms with Gasteiger partial charge in [-0.1, -0.05) is 18.5 Å². The Kier molecular flexibility index (Phi) is 3.96. The first-order chi connectivity index (χ1) is 8.48. The van der Waals surface area contributed by atoms with Crippen LogP contribution in [0.1, 0.15) is 13.3 Å². The molecule has 0 aliphatic carbocycles. The van der Waals surface area contributed by atoms with Crippen molar-refractivity contribution >= 4 is 21.6 Å². The molecule has 1 aromatic heterocycles. The molecule has 0 bridgehead atoms. The van der Waals surface area contributed by atoms with Crippen molar-refractivity contribution in [1.29, 1.82) is 0 Å². The van der Waals surface area contributed by atoms with Gasteiger partial charge in [-0.3, -0.25) is 4.68 Å². The molecule has 18 heavy (non-hydrogen) atoms. The van der Waals surface area contributed by atoms with Crippen LogP contribution in [0.2, 0.25) is 5.02 Å². The van der Waals surface area contributed by atoms with E-state index in [1.807, 2.05) is 6.92 Å². The first kappa shape index (κ1) is 13.8. The van der Waals surface area contributed by atoms with E-state index in [9.17, 15) is 8.42 Å². The molecule has 102 valence electrons. The maximum atomic E-state index is 12.6. The summed E-state index contributed by atoms with van der Waals surface area (Å²) >= 11 is 5.93. The van der Waals surface area contributed by atoms with Gasteiger partial charge in [0.15, 0.2) is 5.03 Å². The number of nitrogens with zero attached hydrogens (tertiary/aromatic N) is 3. The van der Waals surface area contributed by atoms with Crippen molar-refractivity contribution < 1.29 is 8.42 Å². The van der Waals surface area contributed by atoms with E-state index in [0.29, 0.717) is 19.6 Å². The number of hydrogen-bond acceptors (Lipinski definition) is 4. The summed E-state index contributed by atoms with van der Waals surface area (Å²) in [5, 5.41) is 7.22. The summed E-state index contributed by atoms with van der Waals surface area (Å²) in [5.74, 6) is 0. The molecule has 1 aliphatic rings. The van der Waals surface area contributed by atoms with Gasteiger partial charge >= 0.3 is 0 Å². The van der Waals surface area contributed by atoms with E-state index in [1.54, 1.807) is 7.05 Å². The van der Waals surface area contributed by atoms with Crippen LogP contribution >= 0.6 is 11.6 Å². The fourth-order valence-electron chi connectivity index (χ4n) is 2.00. The van der Waals surface area contributed by atoms with Crippen LogP contribution in [-0.4, -0.2) is 48.2 Å². The summed E-state index contributed by atoms with van der Waals surface area (Å²) < 4.78 is 28.1. The molecule has 0 radical (unpaired) electrons. The monoisotopic (exact) mass is 292 g/mol. The Morgan fingerprint density at radius 2 is 2.28 bits per heavy atom. The smallest absolute Gasteiger partial charge is 0.262 e. The Hall–Kier alpha value is -0.630. The molecule has 1 saturated heterocycles. The Labute approximate surface area is 112 Å². The lowest BCUT2D eigenvalue weighted by Gasteiger charge is -2.37. The SMILES string of the molecule is CCCN(C1CNC1)S(=O)(=O)c1c(Cl)cnn1C. The highest BCUT2D eigenvalue weighted by Crippen LogP contribution is 2.26. The highest BCUT2D eigenvalue weighted by molar-refractivity contribution is 7.89. The molecular weight excluding hydrogens is 276 g/mol. The molecule has 0 atom stereocenters. The summed E-state index contributed by atoms with van der Waals surface area (Å²) in [4.78, 5) is 0. The second-order valence-electron chi connectivity index (χ2n) is 4.35. The molecule has 1 N–H and O–H groups in total. The van der Waals surface area contributed by atoms with Gasteiger partial charge in [0.2, 0.25) is 0 Å². The molecule has 0 amide bonds. The molecule has 8 heteroatoms. The largest absolute Gasteiger partial charge is 0.313 e. The number of halogens is 1. The van der Waals surface area contributed by atoms with Crippen molar-refractivity contribution in [2.24, 2.45) is 7.05 Å². The molecule has 2 rings (SSSR count). The van der Waals surface area contributed by atoms with Crippen LogP contribution in [-0.2, 0) is 17.1 Å². The molecule has 2 heterocycles. The van der Waals surface area contributed by atoms with Crippen molar-refractivity contribution in [3.63, 3.8) is 0 Å². The number of aromatic nitrogens is 2. The van der Waals surface area contributed by atoms with Crippen LogP contribution in [0.4, 0.5) is 0 Å².